The van der Waals surface area contributed by atoms with Gasteiger partial charge in [-0.2, -0.15) is 11.8 Å². The van der Waals surface area contributed by atoms with Crippen LogP contribution in [0.3, 0.4) is 0 Å². The molecule has 0 amide bonds. The van der Waals surface area contributed by atoms with Crippen LogP contribution in [0.1, 0.15) is 24.3 Å². The summed E-state index contributed by atoms with van der Waals surface area (Å²) >= 11 is 2.31. The van der Waals surface area contributed by atoms with Gasteiger partial charge in [0.25, 0.3) is 10.0 Å². The molecule has 0 unspecified atom stereocenters. The van der Waals surface area contributed by atoms with Crippen LogP contribution in [0.5, 0.6) is 0 Å². The van der Waals surface area contributed by atoms with Gasteiger partial charge in [0, 0.05) is 11.3 Å². The van der Waals surface area contributed by atoms with Gasteiger partial charge in [0.15, 0.2) is 9.90 Å². The smallest absolute Gasteiger partial charge is 0.356 e. The molecular weight excluding hydrogens is 296 g/mol. The van der Waals surface area contributed by atoms with E-state index in [2.05, 4.69) is 9.71 Å². The molecule has 6 nitrogen and oxygen atoms in total. The number of thioether (sulfide) groups is 1. The topological polar surface area (TPSA) is 96.4 Å². The third-order valence-electron chi connectivity index (χ3n) is 2.22. The van der Waals surface area contributed by atoms with Crippen LogP contribution in [-0.2, 0) is 10.0 Å². The van der Waals surface area contributed by atoms with Crippen molar-refractivity contribution >= 4 is 39.1 Å². The van der Waals surface area contributed by atoms with Gasteiger partial charge < -0.3 is 5.11 Å². The van der Waals surface area contributed by atoms with Crippen molar-refractivity contribution in [3.05, 3.63) is 11.2 Å². The first-order chi connectivity index (χ1) is 8.19. The maximum absolute atomic E-state index is 12.0. The molecule has 0 bridgehead atoms. The number of carbonyl (C=O) groups is 1. The number of nitrogens with zero attached hydrogens (tertiary/aromatic N) is 1. The molecule has 0 aromatic carbocycles. The molecule has 0 spiro atoms. The third-order valence-corrected chi connectivity index (χ3v) is 6.24. The fourth-order valence-electron chi connectivity index (χ4n) is 0.975. The van der Waals surface area contributed by atoms with E-state index in [4.69, 9.17) is 5.11 Å². The first kappa shape index (κ1) is 15.4. The Hall–Kier alpha value is -0.640. The molecule has 0 aliphatic rings. The lowest BCUT2D eigenvalue weighted by atomic mass is 10.2. The molecule has 18 heavy (non-hydrogen) atoms. The molecule has 0 radical (unpaired) electrons. The number of thiazole rings is 1. The van der Waals surface area contributed by atoms with Crippen LogP contribution < -0.4 is 4.72 Å². The minimum absolute atomic E-state index is 0.216. The Kier molecular flexibility index (Phi) is 4.76. The van der Waals surface area contributed by atoms with E-state index in [1.807, 2.05) is 20.1 Å². The van der Waals surface area contributed by atoms with Gasteiger partial charge >= 0.3 is 5.97 Å². The predicted octanol–water partition coefficient (Wildman–Crippen LogP) is 1.26. The lowest BCUT2D eigenvalue weighted by Crippen LogP contribution is -2.36. The zero-order valence-corrected chi connectivity index (χ0v) is 12.6. The SMILES string of the molecule is CSC(C)(C)CNS(=O)(=O)c1scnc1C(=O)O. The van der Waals surface area contributed by atoms with Gasteiger partial charge in [0.2, 0.25) is 0 Å². The van der Waals surface area contributed by atoms with Crippen molar-refractivity contribution in [1.82, 2.24) is 9.71 Å². The molecule has 2 N–H and O–H groups in total. The average Bonchev–Trinajstić information content (AvgIpc) is 2.76. The molecular formula is C9H14N2O4S3. The molecule has 0 fully saturated rings. The van der Waals surface area contributed by atoms with E-state index in [1.54, 1.807) is 0 Å². The van der Waals surface area contributed by atoms with Gasteiger partial charge in [-0.05, 0) is 20.1 Å². The maximum Gasteiger partial charge on any atom is 0.356 e. The Morgan fingerprint density at radius 3 is 2.72 bits per heavy atom. The van der Waals surface area contributed by atoms with Crippen molar-refractivity contribution in [3.8, 4) is 0 Å². The normalized spacial score (nSPS) is 12.6. The second-order valence-corrected chi connectivity index (χ2v) is 8.41. The molecule has 1 heterocycles. The number of nitrogens with one attached hydrogen (secondary N) is 1. The fraction of sp³-hybridized carbons (Fsp3) is 0.556. The first-order valence-electron chi connectivity index (χ1n) is 4.91. The number of carboxylic acids is 1. The van der Waals surface area contributed by atoms with Crippen molar-refractivity contribution in [2.75, 3.05) is 12.8 Å². The summed E-state index contributed by atoms with van der Waals surface area (Å²) in [6, 6.07) is 0. The van der Waals surface area contributed by atoms with Crippen molar-refractivity contribution in [3.63, 3.8) is 0 Å². The van der Waals surface area contributed by atoms with Gasteiger partial charge in [0.05, 0.1) is 5.51 Å². The highest BCUT2D eigenvalue weighted by Gasteiger charge is 2.27. The van der Waals surface area contributed by atoms with Crippen molar-refractivity contribution < 1.29 is 18.3 Å². The third kappa shape index (κ3) is 3.67. The van der Waals surface area contributed by atoms with Crippen molar-refractivity contribution in [2.24, 2.45) is 0 Å². The molecule has 1 aromatic rings. The van der Waals surface area contributed by atoms with E-state index in [9.17, 15) is 13.2 Å². The molecule has 9 heteroatoms. The van der Waals surface area contributed by atoms with Crippen LogP contribution in [-0.4, -0.2) is 42.0 Å². The second kappa shape index (κ2) is 5.55. The van der Waals surface area contributed by atoms with Crippen LogP contribution in [0.2, 0.25) is 0 Å². The summed E-state index contributed by atoms with van der Waals surface area (Å²) in [6.45, 7) is 4.00. The van der Waals surface area contributed by atoms with Crippen LogP contribution >= 0.6 is 23.1 Å². The summed E-state index contributed by atoms with van der Waals surface area (Å²) in [7, 11) is -3.82. The number of sulfonamides is 1. The Labute approximate surface area is 114 Å². The predicted molar refractivity (Wildman–Crippen MR) is 71.9 cm³/mol. The molecule has 1 rings (SSSR count). The van der Waals surface area contributed by atoms with Gasteiger partial charge in [-0.3, -0.25) is 0 Å². The van der Waals surface area contributed by atoms with Crippen LogP contribution in [0, 0.1) is 0 Å². The van der Waals surface area contributed by atoms with Gasteiger partial charge in [-0.25, -0.2) is 22.9 Å². The van der Waals surface area contributed by atoms with E-state index in [1.165, 1.54) is 17.3 Å². The molecule has 0 saturated heterocycles. The highest BCUT2D eigenvalue weighted by molar-refractivity contribution is 8.00. The summed E-state index contributed by atoms with van der Waals surface area (Å²) in [5.41, 5.74) is 0.770. The minimum atomic E-state index is -3.82. The molecule has 0 saturated carbocycles. The summed E-state index contributed by atoms with van der Waals surface area (Å²) in [6.07, 6.45) is 1.88. The summed E-state index contributed by atoms with van der Waals surface area (Å²) < 4.78 is 25.8. The van der Waals surface area contributed by atoms with Crippen molar-refractivity contribution in [1.29, 1.82) is 0 Å². The molecule has 0 aliphatic carbocycles. The number of hydrogen-bond acceptors (Lipinski definition) is 6. The lowest BCUT2D eigenvalue weighted by Gasteiger charge is -2.21. The molecule has 102 valence electrons. The Morgan fingerprint density at radius 1 is 1.61 bits per heavy atom. The fourth-order valence-corrected chi connectivity index (χ4v) is 3.68. The van der Waals surface area contributed by atoms with E-state index in [0.29, 0.717) is 0 Å². The van der Waals surface area contributed by atoms with E-state index < -0.39 is 21.7 Å². The van der Waals surface area contributed by atoms with Crippen LogP contribution in [0.15, 0.2) is 9.72 Å². The highest BCUT2D eigenvalue weighted by atomic mass is 32.2. The van der Waals surface area contributed by atoms with E-state index in [0.717, 1.165) is 11.3 Å². The van der Waals surface area contributed by atoms with Gasteiger partial charge in [0.1, 0.15) is 0 Å². The van der Waals surface area contributed by atoms with Gasteiger partial charge in [-0.1, -0.05) is 0 Å². The van der Waals surface area contributed by atoms with E-state index in [-0.39, 0.29) is 15.5 Å². The monoisotopic (exact) mass is 310 g/mol. The molecule has 0 aliphatic heterocycles. The highest BCUT2D eigenvalue weighted by Crippen LogP contribution is 2.23. The summed E-state index contributed by atoms with van der Waals surface area (Å²) in [4.78, 5) is 14.4. The standard InChI is InChI=1S/C9H14N2O4S3/c1-9(2,16-3)4-11-18(14,15)8-6(7(12)13)10-5-17-8/h5,11H,4H2,1-3H3,(H,12,13). The number of aromatic nitrogens is 1. The number of carboxylic acid groups (broad SMARTS) is 1. The van der Waals surface area contributed by atoms with Crippen LogP contribution in [0.4, 0.5) is 0 Å². The van der Waals surface area contributed by atoms with Gasteiger partial charge in [-0.15, -0.1) is 11.3 Å². The maximum atomic E-state index is 12.0. The Morgan fingerprint density at radius 2 is 2.22 bits per heavy atom. The Bertz CT molecular complexity index is 536. The zero-order valence-electron chi connectivity index (χ0n) is 10.1. The quantitative estimate of drug-likeness (QED) is 0.821. The number of rotatable bonds is 6. The average molecular weight is 310 g/mol. The molecule has 1 aromatic heterocycles. The zero-order chi connectivity index (χ0) is 14.0. The number of aromatic carboxylic acids is 1. The largest absolute Gasteiger partial charge is 0.476 e. The second-order valence-electron chi connectivity index (χ2n) is 4.08. The minimum Gasteiger partial charge on any atom is -0.476 e. The first-order valence-corrected chi connectivity index (χ1v) is 8.50. The lowest BCUT2D eigenvalue weighted by molar-refractivity contribution is 0.0687. The summed E-state index contributed by atoms with van der Waals surface area (Å²) in [5, 5.41) is 8.84. The van der Waals surface area contributed by atoms with Crippen LogP contribution in [0.25, 0.3) is 0 Å². The van der Waals surface area contributed by atoms with Crippen molar-refractivity contribution in [2.45, 2.75) is 22.8 Å². The summed E-state index contributed by atoms with van der Waals surface area (Å²) in [5.74, 6) is -1.35. The molecule has 0 atom stereocenters. The van der Waals surface area contributed by atoms with E-state index >= 15 is 0 Å². The Balaban J connectivity index is 2.94. The number of hydrogen-bond donors (Lipinski definition) is 2.